The van der Waals surface area contributed by atoms with Crippen LogP contribution in [0.4, 0.5) is 0 Å². The fourth-order valence-electron chi connectivity index (χ4n) is 5.27. The molecule has 1 heterocycles. The van der Waals surface area contributed by atoms with Crippen LogP contribution in [0.5, 0.6) is 11.5 Å². The minimum atomic E-state index is -4.64. The minimum absolute atomic E-state index is 0. The number of benzene rings is 1. The number of hydrogen-bond donors (Lipinski definition) is 4. The predicted octanol–water partition coefficient (Wildman–Crippen LogP) is 5.03. The Morgan fingerprint density at radius 2 is 1.32 bits per heavy atom. The van der Waals surface area contributed by atoms with Gasteiger partial charge in [0.2, 0.25) is 0 Å². The maximum absolute atomic E-state index is 10.4. The summed E-state index contributed by atoms with van der Waals surface area (Å²) in [6.07, 6.45) is 14.1. The number of rotatable bonds is 12. The summed E-state index contributed by atoms with van der Waals surface area (Å²) in [4.78, 5) is 21.6. The predicted molar refractivity (Wildman–Crippen MR) is 150 cm³/mol. The van der Waals surface area contributed by atoms with Crippen LogP contribution in [0.3, 0.4) is 0 Å². The average Bonchev–Trinajstić information content (AvgIpc) is 2.74. The molecular formula is C29H54NaO6P. The van der Waals surface area contributed by atoms with E-state index in [1.165, 1.54) is 56.9 Å². The van der Waals surface area contributed by atoms with E-state index < -0.39 is 7.82 Å². The van der Waals surface area contributed by atoms with E-state index in [4.69, 9.17) is 24.0 Å². The Morgan fingerprint density at radius 3 is 1.81 bits per heavy atom. The second-order valence-electron chi connectivity index (χ2n) is 12.0. The Morgan fingerprint density at radius 1 is 0.865 bits per heavy atom. The summed E-state index contributed by atoms with van der Waals surface area (Å²) in [7, 11) is -4.64. The number of phosphoric acid groups is 1. The molecule has 2 rings (SSSR count). The summed E-state index contributed by atoms with van der Waals surface area (Å²) in [5, 5.41) is 10.4. The SMILES string of the molecule is Cc1c(C)c2c(c(C)c1O)CC[C@@](C)(CCC[C@H](C)CCC[C@H](C)CCCC(C)C)O2.O=P(O)(O)O.[H-].[Na+]. The smallest absolute Gasteiger partial charge is 1.00 e. The second kappa shape index (κ2) is 16.9. The molecule has 1 aliphatic rings. The molecule has 0 amide bonds. The van der Waals surface area contributed by atoms with Gasteiger partial charge in [0.25, 0.3) is 0 Å². The molecule has 0 unspecified atom stereocenters. The van der Waals surface area contributed by atoms with Crippen LogP contribution >= 0.6 is 7.82 Å². The summed E-state index contributed by atoms with van der Waals surface area (Å²) in [6, 6.07) is 0. The molecule has 0 radical (unpaired) electrons. The normalized spacial score (nSPS) is 18.7. The number of ether oxygens (including phenoxy) is 1. The van der Waals surface area contributed by atoms with Crippen LogP contribution in [0.25, 0.3) is 0 Å². The molecule has 0 fully saturated rings. The fourth-order valence-corrected chi connectivity index (χ4v) is 5.27. The molecule has 0 bridgehead atoms. The van der Waals surface area contributed by atoms with E-state index in [1.807, 2.05) is 13.8 Å². The van der Waals surface area contributed by atoms with Crippen molar-refractivity contribution >= 4 is 7.82 Å². The molecule has 1 aromatic carbocycles. The first-order valence-electron chi connectivity index (χ1n) is 13.8. The maximum Gasteiger partial charge on any atom is 1.00 e. The molecule has 8 heteroatoms. The van der Waals surface area contributed by atoms with Crippen molar-refractivity contribution in [3.63, 3.8) is 0 Å². The molecule has 0 aromatic heterocycles. The van der Waals surface area contributed by atoms with Gasteiger partial charge in [-0.25, -0.2) is 4.57 Å². The molecule has 37 heavy (non-hydrogen) atoms. The van der Waals surface area contributed by atoms with Crippen molar-refractivity contribution < 1.29 is 60.1 Å². The average molecular weight is 553 g/mol. The van der Waals surface area contributed by atoms with Crippen LogP contribution in [-0.2, 0) is 11.0 Å². The molecule has 0 saturated heterocycles. The van der Waals surface area contributed by atoms with Crippen molar-refractivity contribution in [2.75, 3.05) is 0 Å². The number of fused-ring (bicyclic) bond motifs is 1. The standard InChI is InChI=1S/C29H50O2.Na.H3O4P.H/c1-20(2)12-9-13-21(3)14-10-15-22(4)16-11-18-29(8)19-17-26-25(7)27(30)23(5)24(6)28(26)31-29;;1-5(2,3)4;/h20-22,30H,9-19H2,1-8H3;;(H3,1,2,3,4);/q;+1;;-1/t21-,22-,29-;;;/m1.../s1. The maximum atomic E-state index is 10.4. The van der Waals surface area contributed by atoms with Crippen molar-refractivity contribution in [1.82, 2.24) is 0 Å². The van der Waals surface area contributed by atoms with Gasteiger partial charge < -0.3 is 26.0 Å². The molecule has 0 spiro atoms. The number of aromatic hydroxyl groups is 1. The molecule has 1 aliphatic heterocycles. The van der Waals surface area contributed by atoms with Gasteiger partial charge in [0.1, 0.15) is 17.1 Å². The number of phenolic OH excluding ortho intramolecular Hbond substituents is 1. The van der Waals surface area contributed by atoms with E-state index in [0.29, 0.717) is 5.75 Å². The Balaban J connectivity index is 0. The van der Waals surface area contributed by atoms with Crippen molar-refractivity contribution in [3.8, 4) is 11.5 Å². The van der Waals surface area contributed by atoms with E-state index in [1.54, 1.807) is 0 Å². The van der Waals surface area contributed by atoms with Crippen molar-refractivity contribution in [2.45, 2.75) is 132 Å². The molecule has 4 N–H and O–H groups in total. The van der Waals surface area contributed by atoms with Gasteiger partial charge in [0.15, 0.2) is 0 Å². The zero-order valence-corrected chi connectivity index (χ0v) is 28.0. The van der Waals surface area contributed by atoms with Crippen molar-refractivity contribution in [1.29, 1.82) is 0 Å². The molecule has 6 nitrogen and oxygen atoms in total. The van der Waals surface area contributed by atoms with Crippen LogP contribution in [0.1, 0.15) is 123 Å². The molecule has 0 saturated carbocycles. The van der Waals surface area contributed by atoms with Crippen LogP contribution in [0.2, 0.25) is 0 Å². The van der Waals surface area contributed by atoms with Gasteiger partial charge in [-0.05, 0) is 87.8 Å². The van der Waals surface area contributed by atoms with Gasteiger partial charge in [-0.15, -0.1) is 0 Å². The van der Waals surface area contributed by atoms with E-state index in [9.17, 15) is 5.11 Å². The van der Waals surface area contributed by atoms with Crippen LogP contribution in [0.15, 0.2) is 0 Å². The topological polar surface area (TPSA) is 107 Å². The third kappa shape index (κ3) is 14.2. The first-order chi connectivity index (χ1) is 16.5. The van der Waals surface area contributed by atoms with Crippen LogP contribution in [-0.4, -0.2) is 25.4 Å². The van der Waals surface area contributed by atoms with E-state index in [-0.39, 0.29) is 36.6 Å². The zero-order chi connectivity index (χ0) is 27.7. The van der Waals surface area contributed by atoms with Crippen molar-refractivity contribution in [2.24, 2.45) is 17.8 Å². The summed E-state index contributed by atoms with van der Waals surface area (Å²) in [5.41, 5.74) is 4.23. The Bertz CT molecular complexity index is 867. The van der Waals surface area contributed by atoms with Gasteiger partial charge >= 0.3 is 37.4 Å². The Kier molecular flexibility index (Phi) is 16.9. The quantitative estimate of drug-likeness (QED) is 0.214. The van der Waals surface area contributed by atoms with Gasteiger partial charge in [0, 0.05) is 5.56 Å². The summed E-state index contributed by atoms with van der Waals surface area (Å²) in [6.45, 7) is 17.9. The zero-order valence-electron chi connectivity index (χ0n) is 26.1. The van der Waals surface area contributed by atoms with Gasteiger partial charge in [-0.1, -0.05) is 72.6 Å². The summed E-state index contributed by atoms with van der Waals surface area (Å²) in [5.74, 6) is 4.04. The van der Waals surface area contributed by atoms with E-state index in [2.05, 4.69) is 41.5 Å². The molecular weight excluding hydrogens is 498 g/mol. The molecule has 3 atom stereocenters. The second-order valence-corrected chi connectivity index (χ2v) is 13.0. The van der Waals surface area contributed by atoms with Crippen LogP contribution < -0.4 is 34.3 Å². The molecule has 212 valence electrons. The fraction of sp³-hybridized carbons (Fsp3) is 0.793. The minimum Gasteiger partial charge on any atom is -1.00 e. The third-order valence-corrected chi connectivity index (χ3v) is 7.87. The van der Waals surface area contributed by atoms with E-state index in [0.717, 1.165) is 59.5 Å². The Labute approximate surface area is 250 Å². The first-order valence-corrected chi connectivity index (χ1v) is 15.4. The van der Waals surface area contributed by atoms with Gasteiger partial charge in [-0.2, -0.15) is 0 Å². The Hall–Kier alpha value is -0.0700. The summed E-state index contributed by atoms with van der Waals surface area (Å²) < 4.78 is 15.5. The third-order valence-electron chi connectivity index (χ3n) is 7.87. The van der Waals surface area contributed by atoms with Gasteiger partial charge in [0.05, 0.1) is 0 Å². The van der Waals surface area contributed by atoms with Crippen molar-refractivity contribution in [3.05, 3.63) is 22.3 Å². The van der Waals surface area contributed by atoms with Gasteiger partial charge in [-0.3, -0.25) is 0 Å². The summed E-state index contributed by atoms with van der Waals surface area (Å²) >= 11 is 0. The largest absolute Gasteiger partial charge is 1.00 e. The number of hydrogen-bond acceptors (Lipinski definition) is 3. The molecule has 1 aromatic rings. The van der Waals surface area contributed by atoms with E-state index >= 15 is 0 Å². The van der Waals surface area contributed by atoms with Crippen LogP contribution in [0, 0.1) is 38.5 Å². The number of phenols is 1. The first kappa shape index (κ1) is 36.9. The monoisotopic (exact) mass is 552 g/mol. The molecule has 0 aliphatic carbocycles.